The van der Waals surface area contributed by atoms with Crippen molar-refractivity contribution in [2.24, 2.45) is 5.92 Å². The Bertz CT molecular complexity index is 940. The maximum atomic E-state index is 12.8. The van der Waals surface area contributed by atoms with Gasteiger partial charge in [0, 0.05) is 44.6 Å². The maximum absolute atomic E-state index is 12.8. The predicted molar refractivity (Wildman–Crippen MR) is 117 cm³/mol. The van der Waals surface area contributed by atoms with Crippen LogP contribution < -0.4 is 15.4 Å². The number of aromatic nitrogens is 1. The van der Waals surface area contributed by atoms with Gasteiger partial charge in [-0.25, -0.2) is 0 Å². The number of amides is 3. The molecule has 0 unspecified atom stereocenters. The summed E-state index contributed by atoms with van der Waals surface area (Å²) in [7, 11) is 3.30. The number of carbonyl (C=O) groups is 3. The van der Waals surface area contributed by atoms with Gasteiger partial charge >= 0.3 is 0 Å². The monoisotopic (exact) mass is 442 g/mol. The molecule has 3 rings (SSSR count). The molecule has 1 aliphatic rings. The third kappa shape index (κ3) is 6.32. The van der Waals surface area contributed by atoms with E-state index in [0.717, 1.165) is 11.3 Å². The molecule has 1 aromatic carbocycles. The summed E-state index contributed by atoms with van der Waals surface area (Å²) >= 11 is 0. The number of nitrogens with one attached hydrogen (secondary N) is 2. The summed E-state index contributed by atoms with van der Waals surface area (Å²) in [4.78, 5) is 39.5. The van der Waals surface area contributed by atoms with Crippen molar-refractivity contribution >= 4 is 17.7 Å². The Morgan fingerprint density at radius 3 is 2.66 bits per heavy atom. The molecule has 1 saturated heterocycles. The Labute approximate surface area is 187 Å². The molecular formula is C23H30N4O5. The van der Waals surface area contributed by atoms with Crippen LogP contribution in [-0.4, -0.2) is 54.5 Å². The standard InChI is InChI=1S/C23H30N4O5/c1-15-11-20(26-32-15)23(30)25-18-6-4-5-17(12-21(28)27(2)14-18)22(29)24-13-16-7-9-19(31-3)10-8-16/h7-11,17-18H,4-6,12-14H2,1-3H3,(H,24,29)(H,25,30)/t17-,18-/m1/s1. The Morgan fingerprint density at radius 1 is 1.25 bits per heavy atom. The third-order valence-corrected chi connectivity index (χ3v) is 5.64. The van der Waals surface area contributed by atoms with E-state index in [1.165, 1.54) is 0 Å². The van der Waals surface area contributed by atoms with Crippen molar-refractivity contribution in [3.63, 3.8) is 0 Å². The molecule has 2 N–H and O–H groups in total. The second kappa shape index (κ2) is 10.8. The zero-order chi connectivity index (χ0) is 23.1. The first-order valence-corrected chi connectivity index (χ1v) is 10.7. The highest BCUT2D eigenvalue weighted by molar-refractivity contribution is 5.92. The van der Waals surface area contributed by atoms with Crippen LogP contribution in [0.5, 0.6) is 5.75 Å². The Kier molecular flexibility index (Phi) is 7.86. The van der Waals surface area contributed by atoms with Crippen molar-refractivity contribution in [1.29, 1.82) is 0 Å². The molecule has 32 heavy (non-hydrogen) atoms. The molecule has 2 atom stereocenters. The second-order valence-corrected chi connectivity index (χ2v) is 8.17. The van der Waals surface area contributed by atoms with Crippen LogP contribution in [0.2, 0.25) is 0 Å². The quantitative estimate of drug-likeness (QED) is 0.708. The van der Waals surface area contributed by atoms with E-state index in [1.54, 1.807) is 32.0 Å². The second-order valence-electron chi connectivity index (χ2n) is 8.17. The first-order valence-electron chi connectivity index (χ1n) is 10.7. The highest BCUT2D eigenvalue weighted by Crippen LogP contribution is 2.19. The van der Waals surface area contributed by atoms with Gasteiger partial charge in [-0.1, -0.05) is 23.7 Å². The van der Waals surface area contributed by atoms with E-state index in [4.69, 9.17) is 9.26 Å². The minimum absolute atomic E-state index is 0.118. The van der Waals surface area contributed by atoms with Crippen molar-refractivity contribution in [1.82, 2.24) is 20.7 Å². The lowest BCUT2D eigenvalue weighted by Crippen LogP contribution is -2.44. The molecule has 0 saturated carbocycles. The summed E-state index contributed by atoms with van der Waals surface area (Å²) in [5, 5.41) is 9.61. The van der Waals surface area contributed by atoms with Gasteiger partial charge in [-0.15, -0.1) is 0 Å². The zero-order valence-electron chi connectivity index (χ0n) is 18.7. The van der Waals surface area contributed by atoms with Crippen LogP contribution in [0, 0.1) is 12.8 Å². The number of nitrogens with zero attached hydrogens (tertiary/aromatic N) is 2. The van der Waals surface area contributed by atoms with Crippen LogP contribution in [-0.2, 0) is 16.1 Å². The minimum atomic E-state index is -0.407. The van der Waals surface area contributed by atoms with Gasteiger partial charge < -0.3 is 24.8 Å². The molecule has 0 bridgehead atoms. The fourth-order valence-corrected chi connectivity index (χ4v) is 3.75. The summed E-state index contributed by atoms with van der Waals surface area (Å²) in [5.41, 5.74) is 1.17. The smallest absolute Gasteiger partial charge is 0.273 e. The predicted octanol–water partition coefficient (Wildman–Crippen LogP) is 2.06. The average Bonchev–Trinajstić information content (AvgIpc) is 3.24. The molecule has 1 aromatic heterocycles. The molecule has 172 valence electrons. The third-order valence-electron chi connectivity index (χ3n) is 5.64. The largest absolute Gasteiger partial charge is 0.497 e. The van der Waals surface area contributed by atoms with Crippen LogP contribution in [0.15, 0.2) is 34.9 Å². The summed E-state index contributed by atoms with van der Waals surface area (Å²) in [6, 6.07) is 8.82. The van der Waals surface area contributed by atoms with Crippen LogP contribution in [0.25, 0.3) is 0 Å². The van der Waals surface area contributed by atoms with Crippen molar-refractivity contribution < 1.29 is 23.6 Å². The number of methoxy groups -OCH3 is 1. The molecule has 1 aliphatic heterocycles. The first-order chi connectivity index (χ1) is 15.4. The van der Waals surface area contributed by atoms with E-state index in [2.05, 4.69) is 15.8 Å². The van der Waals surface area contributed by atoms with Crippen LogP contribution in [0.1, 0.15) is 47.5 Å². The van der Waals surface area contributed by atoms with Crippen molar-refractivity contribution in [2.75, 3.05) is 20.7 Å². The first kappa shape index (κ1) is 23.3. The Morgan fingerprint density at radius 2 is 2.00 bits per heavy atom. The van der Waals surface area contributed by atoms with E-state index in [-0.39, 0.29) is 35.9 Å². The molecular weight excluding hydrogens is 412 g/mol. The molecule has 2 heterocycles. The SMILES string of the molecule is COc1ccc(CNC(=O)[C@@H]2CCC[C@@H](NC(=O)c3cc(C)on3)CN(C)C(=O)C2)cc1. The average molecular weight is 443 g/mol. The highest BCUT2D eigenvalue weighted by atomic mass is 16.5. The number of benzene rings is 1. The Balaban J connectivity index is 1.56. The van der Waals surface area contributed by atoms with E-state index < -0.39 is 5.92 Å². The van der Waals surface area contributed by atoms with Gasteiger partial charge in [-0.3, -0.25) is 14.4 Å². The number of likely N-dealkylation sites (N-methyl/N-ethyl adjacent to an activating group) is 1. The minimum Gasteiger partial charge on any atom is -0.497 e. The lowest BCUT2D eigenvalue weighted by molar-refractivity contribution is -0.135. The topological polar surface area (TPSA) is 114 Å². The van der Waals surface area contributed by atoms with Gasteiger partial charge in [-0.05, 0) is 37.5 Å². The van der Waals surface area contributed by atoms with Crippen molar-refractivity contribution in [2.45, 2.75) is 45.2 Å². The molecule has 0 spiro atoms. The van der Waals surface area contributed by atoms with Gasteiger partial charge in [0.2, 0.25) is 11.8 Å². The van der Waals surface area contributed by atoms with Crippen molar-refractivity contribution in [3.05, 3.63) is 47.3 Å². The number of rotatable bonds is 6. The normalized spacial score (nSPS) is 19.5. The molecule has 2 aromatic rings. The van der Waals surface area contributed by atoms with E-state index in [9.17, 15) is 14.4 Å². The maximum Gasteiger partial charge on any atom is 0.273 e. The number of carbonyl (C=O) groups excluding carboxylic acids is 3. The fourth-order valence-electron chi connectivity index (χ4n) is 3.75. The molecule has 0 radical (unpaired) electrons. The molecule has 3 amide bonds. The molecule has 9 nitrogen and oxygen atoms in total. The highest BCUT2D eigenvalue weighted by Gasteiger charge is 2.28. The van der Waals surface area contributed by atoms with Gasteiger partial charge in [0.1, 0.15) is 11.5 Å². The fraction of sp³-hybridized carbons (Fsp3) is 0.478. The lowest BCUT2D eigenvalue weighted by Gasteiger charge is -2.24. The Hall–Kier alpha value is -3.36. The molecule has 0 aliphatic carbocycles. The number of ether oxygens (including phenoxy) is 1. The van der Waals surface area contributed by atoms with Crippen LogP contribution in [0.4, 0.5) is 0 Å². The summed E-state index contributed by atoms with van der Waals surface area (Å²) in [5.74, 6) is 0.318. The summed E-state index contributed by atoms with van der Waals surface area (Å²) in [6.45, 7) is 2.48. The van der Waals surface area contributed by atoms with Gasteiger partial charge in [0.15, 0.2) is 5.69 Å². The van der Waals surface area contributed by atoms with Gasteiger partial charge in [0.05, 0.1) is 7.11 Å². The van der Waals surface area contributed by atoms with Crippen molar-refractivity contribution in [3.8, 4) is 5.75 Å². The summed E-state index contributed by atoms with van der Waals surface area (Å²) < 4.78 is 10.1. The lowest BCUT2D eigenvalue weighted by atomic mass is 9.96. The number of hydrogen-bond acceptors (Lipinski definition) is 6. The number of aryl methyl sites for hydroxylation is 1. The van der Waals surface area contributed by atoms with Gasteiger partial charge in [-0.2, -0.15) is 0 Å². The van der Waals surface area contributed by atoms with Crippen LogP contribution >= 0.6 is 0 Å². The zero-order valence-corrected chi connectivity index (χ0v) is 18.7. The van der Waals surface area contributed by atoms with Crippen LogP contribution in [0.3, 0.4) is 0 Å². The van der Waals surface area contributed by atoms with E-state index >= 15 is 0 Å². The van der Waals surface area contributed by atoms with E-state index in [0.29, 0.717) is 38.1 Å². The van der Waals surface area contributed by atoms with E-state index in [1.807, 2.05) is 24.3 Å². The molecule has 1 fully saturated rings. The molecule has 9 heteroatoms. The summed E-state index contributed by atoms with van der Waals surface area (Å²) in [6.07, 6.45) is 2.09. The number of hydrogen-bond donors (Lipinski definition) is 2. The van der Waals surface area contributed by atoms with Gasteiger partial charge in [0.25, 0.3) is 5.91 Å².